The highest BCUT2D eigenvalue weighted by molar-refractivity contribution is 7.89. The van der Waals surface area contributed by atoms with E-state index in [1.807, 2.05) is 0 Å². The van der Waals surface area contributed by atoms with Gasteiger partial charge < -0.3 is 5.11 Å². The fourth-order valence-corrected chi connectivity index (χ4v) is 2.57. The number of rotatable bonds is 6. The van der Waals surface area contributed by atoms with E-state index < -0.39 is 28.6 Å². The third-order valence-corrected chi connectivity index (χ3v) is 3.79. The molecule has 12 heteroatoms. The maximum atomic E-state index is 12.0. The molecule has 20 heavy (non-hydrogen) atoms. The van der Waals surface area contributed by atoms with Gasteiger partial charge in [-0.1, -0.05) is 5.21 Å². The minimum absolute atomic E-state index is 0.144. The van der Waals surface area contributed by atoms with Gasteiger partial charge in [0.1, 0.15) is 11.4 Å². The van der Waals surface area contributed by atoms with E-state index in [9.17, 15) is 13.2 Å². The smallest absolute Gasteiger partial charge is 0.325 e. The molecule has 0 fully saturated rings. The van der Waals surface area contributed by atoms with E-state index in [1.165, 1.54) is 0 Å². The fraction of sp³-hybridized carbons (Fsp3) is 0.375. The molecular formula is C8H11N7O4S. The first-order chi connectivity index (χ1) is 9.38. The minimum Gasteiger partial charge on any atom is -0.480 e. The van der Waals surface area contributed by atoms with Crippen molar-refractivity contribution in [3.63, 3.8) is 0 Å². The Balaban J connectivity index is 2.14. The van der Waals surface area contributed by atoms with Crippen molar-refractivity contribution in [1.29, 1.82) is 0 Å². The SMILES string of the molecule is CC(NS(=O)(=O)c1cnn(CC(=O)O)c1)c1nn[nH]n1. The number of carboxylic acid groups (broad SMARTS) is 1. The van der Waals surface area contributed by atoms with Gasteiger partial charge in [-0.15, -0.1) is 10.2 Å². The number of aliphatic carboxylic acids is 1. The molecule has 2 rings (SSSR count). The van der Waals surface area contributed by atoms with Gasteiger partial charge in [0, 0.05) is 6.20 Å². The highest BCUT2D eigenvalue weighted by Crippen LogP contribution is 2.12. The topological polar surface area (TPSA) is 156 Å². The van der Waals surface area contributed by atoms with Crippen molar-refractivity contribution in [3.8, 4) is 0 Å². The van der Waals surface area contributed by atoms with Crippen LogP contribution in [0.2, 0.25) is 0 Å². The van der Waals surface area contributed by atoms with Crippen LogP contribution in [0.5, 0.6) is 0 Å². The van der Waals surface area contributed by atoms with Gasteiger partial charge in [0.2, 0.25) is 10.0 Å². The Labute approximate surface area is 113 Å². The molecule has 1 unspecified atom stereocenters. The zero-order chi connectivity index (χ0) is 14.8. The van der Waals surface area contributed by atoms with Gasteiger partial charge in [-0.2, -0.15) is 10.3 Å². The van der Waals surface area contributed by atoms with Gasteiger partial charge >= 0.3 is 5.97 Å². The van der Waals surface area contributed by atoms with Crippen molar-refractivity contribution in [3.05, 3.63) is 18.2 Å². The average Bonchev–Trinajstić information content (AvgIpc) is 2.97. The number of hydrogen-bond donors (Lipinski definition) is 3. The Bertz CT molecular complexity index is 692. The molecule has 2 aromatic rings. The van der Waals surface area contributed by atoms with Crippen LogP contribution in [-0.2, 0) is 21.4 Å². The molecule has 0 saturated heterocycles. The van der Waals surface area contributed by atoms with Crippen LogP contribution in [0.1, 0.15) is 18.8 Å². The van der Waals surface area contributed by atoms with Crippen molar-refractivity contribution in [2.75, 3.05) is 0 Å². The molecule has 0 aliphatic carbocycles. The number of aromatic amines is 1. The van der Waals surface area contributed by atoms with E-state index in [1.54, 1.807) is 6.92 Å². The van der Waals surface area contributed by atoms with Gasteiger partial charge in [-0.05, 0) is 6.92 Å². The quantitative estimate of drug-likeness (QED) is 0.583. The molecule has 0 saturated carbocycles. The van der Waals surface area contributed by atoms with E-state index in [-0.39, 0.29) is 10.7 Å². The highest BCUT2D eigenvalue weighted by atomic mass is 32.2. The van der Waals surface area contributed by atoms with E-state index >= 15 is 0 Å². The summed E-state index contributed by atoms with van der Waals surface area (Å²) in [5.41, 5.74) is 0. The molecule has 0 amide bonds. The summed E-state index contributed by atoms with van der Waals surface area (Å²) in [6.07, 6.45) is 2.19. The second kappa shape index (κ2) is 5.34. The highest BCUT2D eigenvalue weighted by Gasteiger charge is 2.22. The maximum Gasteiger partial charge on any atom is 0.325 e. The molecule has 0 bridgehead atoms. The lowest BCUT2D eigenvalue weighted by molar-refractivity contribution is -0.137. The summed E-state index contributed by atoms with van der Waals surface area (Å²) in [5.74, 6) is -0.934. The van der Waals surface area contributed by atoms with E-state index in [4.69, 9.17) is 5.11 Å². The second-order valence-corrected chi connectivity index (χ2v) is 5.59. The number of carboxylic acids is 1. The number of nitrogens with one attached hydrogen (secondary N) is 2. The monoisotopic (exact) mass is 301 g/mol. The van der Waals surface area contributed by atoms with Crippen molar-refractivity contribution in [1.82, 2.24) is 35.1 Å². The molecule has 3 N–H and O–H groups in total. The fourth-order valence-electron chi connectivity index (χ4n) is 1.41. The summed E-state index contributed by atoms with van der Waals surface area (Å²) in [6.45, 7) is 1.12. The number of sulfonamides is 1. The molecule has 11 nitrogen and oxygen atoms in total. The molecule has 0 aromatic carbocycles. The van der Waals surface area contributed by atoms with Crippen LogP contribution >= 0.6 is 0 Å². The number of H-pyrrole nitrogens is 1. The number of tetrazole rings is 1. The first-order valence-electron chi connectivity index (χ1n) is 5.38. The summed E-state index contributed by atoms with van der Waals surface area (Å²) in [4.78, 5) is 10.4. The van der Waals surface area contributed by atoms with Crippen LogP contribution in [-0.4, -0.2) is 49.9 Å². The van der Waals surface area contributed by atoms with Crippen molar-refractivity contribution < 1.29 is 18.3 Å². The van der Waals surface area contributed by atoms with Crippen LogP contribution in [0.15, 0.2) is 17.3 Å². The van der Waals surface area contributed by atoms with Crippen molar-refractivity contribution >= 4 is 16.0 Å². The van der Waals surface area contributed by atoms with Gasteiger partial charge in [0.05, 0.1) is 12.2 Å². The molecular weight excluding hydrogens is 290 g/mol. The molecule has 108 valence electrons. The Morgan fingerprint density at radius 2 is 2.35 bits per heavy atom. The van der Waals surface area contributed by atoms with Crippen molar-refractivity contribution in [2.45, 2.75) is 24.4 Å². The van der Waals surface area contributed by atoms with Gasteiger partial charge in [0.25, 0.3) is 0 Å². The zero-order valence-corrected chi connectivity index (χ0v) is 11.1. The first kappa shape index (κ1) is 14.1. The predicted octanol–water partition coefficient (Wildman–Crippen LogP) is -1.48. The number of nitrogens with zero attached hydrogens (tertiary/aromatic N) is 5. The maximum absolute atomic E-state index is 12.0. The van der Waals surface area contributed by atoms with E-state index in [2.05, 4.69) is 30.4 Å². The number of hydrogen-bond acceptors (Lipinski definition) is 7. The molecule has 1 atom stereocenters. The lowest BCUT2D eigenvalue weighted by Crippen LogP contribution is -2.27. The summed E-state index contributed by atoms with van der Waals surface area (Å²) in [7, 11) is -3.85. The summed E-state index contributed by atoms with van der Waals surface area (Å²) < 4.78 is 27.4. The van der Waals surface area contributed by atoms with E-state index in [0.717, 1.165) is 17.1 Å². The zero-order valence-electron chi connectivity index (χ0n) is 10.3. The first-order valence-corrected chi connectivity index (χ1v) is 6.87. The van der Waals surface area contributed by atoms with Crippen molar-refractivity contribution in [2.24, 2.45) is 0 Å². The Kier molecular flexibility index (Phi) is 3.76. The lowest BCUT2D eigenvalue weighted by atomic mass is 10.4. The molecule has 2 aromatic heterocycles. The van der Waals surface area contributed by atoms with Crippen LogP contribution in [0.25, 0.3) is 0 Å². The molecule has 2 heterocycles. The third kappa shape index (κ3) is 3.16. The average molecular weight is 301 g/mol. The molecule has 0 spiro atoms. The number of aromatic nitrogens is 6. The van der Waals surface area contributed by atoms with Crippen LogP contribution in [0.4, 0.5) is 0 Å². The van der Waals surface area contributed by atoms with Crippen LogP contribution < -0.4 is 4.72 Å². The molecule has 0 radical (unpaired) electrons. The lowest BCUT2D eigenvalue weighted by Gasteiger charge is -2.08. The third-order valence-electron chi connectivity index (χ3n) is 2.30. The Morgan fingerprint density at radius 1 is 1.60 bits per heavy atom. The van der Waals surface area contributed by atoms with Gasteiger partial charge in [-0.3, -0.25) is 9.48 Å². The molecule has 0 aliphatic rings. The Hall–Kier alpha value is -2.34. The summed E-state index contributed by atoms with van der Waals surface area (Å²) in [6, 6.07) is -0.693. The van der Waals surface area contributed by atoms with Gasteiger partial charge in [-0.25, -0.2) is 13.1 Å². The Morgan fingerprint density at radius 3 is 2.95 bits per heavy atom. The minimum atomic E-state index is -3.85. The summed E-state index contributed by atoms with van der Waals surface area (Å²) in [5, 5.41) is 25.1. The largest absolute Gasteiger partial charge is 0.480 e. The normalized spacial score (nSPS) is 13.2. The molecule has 0 aliphatic heterocycles. The second-order valence-electron chi connectivity index (χ2n) is 3.88. The van der Waals surface area contributed by atoms with Crippen LogP contribution in [0.3, 0.4) is 0 Å². The number of carbonyl (C=O) groups is 1. The standard InChI is InChI=1S/C8H11N7O4S/c1-5(8-10-13-14-11-8)12-20(18,19)6-2-9-15(3-6)4-7(16)17/h2-3,5,12H,4H2,1H3,(H,16,17)(H,10,11,13,14). The summed E-state index contributed by atoms with van der Waals surface area (Å²) >= 11 is 0. The van der Waals surface area contributed by atoms with Crippen LogP contribution in [0, 0.1) is 0 Å². The predicted molar refractivity (Wildman–Crippen MR) is 62.8 cm³/mol. The van der Waals surface area contributed by atoms with Gasteiger partial charge in [0.15, 0.2) is 5.82 Å². The van der Waals surface area contributed by atoms with E-state index in [0.29, 0.717) is 0 Å².